The molecule has 0 bridgehead atoms. The standard InChI is InChI=1S/C15H17N3O2/c1-11-3-2-4-13(7-11)18-10-12(8-16-18)9-17-6-5-14(17)15(19)20/h2-4,7-8,10,14H,5-6,9H2,1H3,(H,19,20)/t14-/m0/s1. The minimum atomic E-state index is -0.734. The van der Waals surface area contributed by atoms with Crippen molar-refractivity contribution in [3.05, 3.63) is 47.8 Å². The van der Waals surface area contributed by atoms with Crippen molar-refractivity contribution < 1.29 is 9.90 Å². The van der Waals surface area contributed by atoms with Gasteiger partial charge in [-0.3, -0.25) is 9.69 Å². The first-order chi connectivity index (χ1) is 9.63. The lowest BCUT2D eigenvalue weighted by atomic mass is 10.0. The van der Waals surface area contributed by atoms with Crippen LogP contribution in [0.15, 0.2) is 36.7 Å². The van der Waals surface area contributed by atoms with Gasteiger partial charge in [0.2, 0.25) is 0 Å². The molecule has 0 saturated carbocycles. The van der Waals surface area contributed by atoms with Gasteiger partial charge in [0, 0.05) is 24.8 Å². The summed E-state index contributed by atoms with van der Waals surface area (Å²) in [5, 5.41) is 13.4. The molecule has 1 aromatic heterocycles. The Bertz CT molecular complexity index is 636. The summed E-state index contributed by atoms with van der Waals surface area (Å²) in [5.74, 6) is -0.734. The highest BCUT2D eigenvalue weighted by Crippen LogP contribution is 2.21. The van der Waals surface area contributed by atoms with Gasteiger partial charge in [-0.05, 0) is 31.0 Å². The molecule has 1 N–H and O–H groups in total. The zero-order valence-electron chi connectivity index (χ0n) is 11.4. The van der Waals surface area contributed by atoms with Crippen LogP contribution < -0.4 is 0 Å². The molecule has 5 heteroatoms. The van der Waals surface area contributed by atoms with Crippen molar-refractivity contribution in [1.29, 1.82) is 0 Å². The molecule has 1 saturated heterocycles. The largest absolute Gasteiger partial charge is 0.480 e. The third-order valence-electron chi connectivity index (χ3n) is 3.70. The number of hydrogen-bond acceptors (Lipinski definition) is 3. The number of carboxylic acid groups (broad SMARTS) is 1. The first-order valence-electron chi connectivity index (χ1n) is 6.71. The van der Waals surface area contributed by atoms with E-state index in [0.29, 0.717) is 6.54 Å². The summed E-state index contributed by atoms with van der Waals surface area (Å²) in [6, 6.07) is 7.79. The van der Waals surface area contributed by atoms with Crippen LogP contribution in [0.3, 0.4) is 0 Å². The normalized spacial score (nSPS) is 18.8. The number of benzene rings is 1. The fourth-order valence-corrected chi connectivity index (χ4v) is 2.50. The molecular weight excluding hydrogens is 254 g/mol. The Morgan fingerprint density at radius 3 is 3.00 bits per heavy atom. The third-order valence-corrected chi connectivity index (χ3v) is 3.70. The quantitative estimate of drug-likeness (QED) is 0.922. The SMILES string of the molecule is Cc1cccc(-n2cc(CN3CC[C@H]3C(=O)O)cn2)c1. The first kappa shape index (κ1) is 12.9. The Hall–Kier alpha value is -2.14. The van der Waals surface area contributed by atoms with Crippen molar-refractivity contribution in [2.45, 2.75) is 25.9 Å². The summed E-state index contributed by atoms with van der Waals surface area (Å²) >= 11 is 0. The zero-order valence-corrected chi connectivity index (χ0v) is 11.4. The molecule has 0 aliphatic carbocycles. The number of rotatable bonds is 4. The lowest BCUT2D eigenvalue weighted by molar-refractivity contribution is -0.148. The van der Waals surface area contributed by atoms with Gasteiger partial charge in [0.25, 0.3) is 0 Å². The van der Waals surface area contributed by atoms with E-state index >= 15 is 0 Å². The topological polar surface area (TPSA) is 58.4 Å². The third kappa shape index (κ3) is 2.44. The highest BCUT2D eigenvalue weighted by Gasteiger charge is 2.33. The van der Waals surface area contributed by atoms with Crippen LogP contribution in [0.4, 0.5) is 0 Å². The second kappa shape index (κ2) is 5.09. The summed E-state index contributed by atoms with van der Waals surface area (Å²) in [6.07, 6.45) is 4.51. The Morgan fingerprint density at radius 2 is 2.35 bits per heavy atom. The molecule has 1 aromatic carbocycles. The molecule has 0 radical (unpaired) electrons. The van der Waals surface area contributed by atoms with Crippen LogP contribution >= 0.6 is 0 Å². The van der Waals surface area contributed by atoms with E-state index in [1.165, 1.54) is 5.56 Å². The molecule has 1 atom stereocenters. The van der Waals surface area contributed by atoms with E-state index in [1.54, 1.807) is 6.20 Å². The second-order valence-corrected chi connectivity index (χ2v) is 5.25. The van der Waals surface area contributed by atoms with E-state index in [2.05, 4.69) is 11.2 Å². The van der Waals surface area contributed by atoms with Crippen LogP contribution in [0.1, 0.15) is 17.5 Å². The maximum atomic E-state index is 11.0. The fraction of sp³-hybridized carbons (Fsp3) is 0.333. The van der Waals surface area contributed by atoms with E-state index in [-0.39, 0.29) is 6.04 Å². The first-order valence-corrected chi connectivity index (χ1v) is 6.71. The Kier molecular flexibility index (Phi) is 3.28. The number of hydrogen-bond donors (Lipinski definition) is 1. The van der Waals surface area contributed by atoms with Crippen LogP contribution in [0, 0.1) is 6.92 Å². The molecule has 1 aliphatic heterocycles. The van der Waals surface area contributed by atoms with Gasteiger partial charge in [-0.25, -0.2) is 4.68 Å². The molecule has 104 valence electrons. The van der Waals surface area contributed by atoms with Gasteiger partial charge in [-0.2, -0.15) is 5.10 Å². The fourth-order valence-electron chi connectivity index (χ4n) is 2.50. The van der Waals surface area contributed by atoms with Crippen LogP contribution in [0.2, 0.25) is 0 Å². The molecular formula is C15H17N3O2. The van der Waals surface area contributed by atoms with Gasteiger partial charge >= 0.3 is 5.97 Å². The number of carbonyl (C=O) groups is 1. The molecule has 1 fully saturated rings. The molecule has 0 amide bonds. The average molecular weight is 271 g/mol. The van der Waals surface area contributed by atoms with Gasteiger partial charge in [0.15, 0.2) is 0 Å². The molecule has 2 aromatic rings. The van der Waals surface area contributed by atoms with E-state index in [9.17, 15) is 4.79 Å². The van der Waals surface area contributed by atoms with Crippen molar-refractivity contribution in [2.24, 2.45) is 0 Å². The number of aryl methyl sites for hydroxylation is 1. The van der Waals surface area contributed by atoms with Crippen LogP contribution in [0.25, 0.3) is 5.69 Å². The minimum absolute atomic E-state index is 0.336. The van der Waals surface area contributed by atoms with Gasteiger partial charge in [0.05, 0.1) is 11.9 Å². The second-order valence-electron chi connectivity index (χ2n) is 5.25. The van der Waals surface area contributed by atoms with Gasteiger partial charge in [-0.15, -0.1) is 0 Å². The number of carboxylic acids is 1. The Morgan fingerprint density at radius 1 is 1.50 bits per heavy atom. The van der Waals surface area contributed by atoms with Crippen molar-refractivity contribution >= 4 is 5.97 Å². The van der Waals surface area contributed by atoms with Crippen molar-refractivity contribution in [3.63, 3.8) is 0 Å². The number of aliphatic carboxylic acids is 1. The van der Waals surface area contributed by atoms with Crippen molar-refractivity contribution in [3.8, 4) is 5.69 Å². The molecule has 2 heterocycles. The molecule has 0 spiro atoms. The highest BCUT2D eigenvalue weighted by atomic mass is 16.4. The monoisotopic (exact) mass is 271 g/mol. The van der Waals surface area contributed by atoms with Crippen molar-refractivity contribution in [1.82, 2.24) is 14.7 Å². The lowest BCUT2D eigenvalue weighted by Gasteiger charge is -2.37. The number of nitrogens with zero attached hydrogens (tertiary/aromatic N) is 3. The average Bonchev–Trinajstić information content (AvgIpc) is 2.82. The van der Waals surface area contributed by atoms with Crippen molar-refractivity contribution in [2.75, 3.05) is 6.54 Å². The highest BCUT2D eigenvalue weighted by molar-refractivity contribution is 5.74. The van der Waals surface area contributed by atoms with Gasteiger partial charge in [0.1, 0.15) is 6.04 Å². The predicted molar refractivity (Wildman–Crippen MR) is 74.8 cm³/mol. The zero-order chi connectivity index (χ0) is 14.1. The van der Waals surface area contributed by atoms with E-state index in [0.717, 1.165) is 24.2 Å². The molecule has 3 rings (SSSR count). The van der Waals surface area contributed by atoms with Crippen LogP contribution in [-0.4, -0.2) is 38.3 Å². The Balaban J connectivity index is 1.73. The Labute approximate surface area is 117 Å². The summed E-state index contributed by atoms with van der Waals surface area (Å²) in [6.45, 7) is 3.53. The molecule has 5 nitrogen and oxygen atoms in total. The molecule has 20 heavy (non-hydrogen) atoms. The van der Waals surface area contributed by atoms with E-state index in [1.807, 2.05) is 40.9 Å². The summed E-state index contributed by atoms with van der Waals surface area (Å²) in [5.41, 5.74) is 3.25. The van der Waals surface area contributed by atoms with Crippen LogP contribution in [-0.2, 0) is 11.3 Å². The lowest BCUT2D eigenvalue weighted by Crippen LogP contribution is -2.51. The van der Waals surface area contributed by atoms with Crippen LogP contribution in [0.5, 0.6) is 0 Å². The van der Waals surface area contributed by atoms with E-state index < -0.39 is 5.97 Å². The van der Waals surface area contributed by atoms with Gasteiger partial charge in [-0.1, -0.05) is 12.1 Å². The number of likely N-dealkylation sites (tertiary alicyclic amines) is 1. The smallest absolute Gasteiger partial charge is 0.320 e. The van der Waals surface area contributed by atoms with E-state index in [4.69, 9.17) is 5.11 Å². The molecule has 1 aliphatic rings. The summed E-state index contributed by atoms with van der Waals surface area (Å²) in [4.78, 5) is 12.9. The summed E-state index contributed by atoms with van der Waals surface area (Å²) < 4.78 is 1.83. The molecule has 0 unspecified atom stereocenters. The summed E-state index contributed by atoms with van der Waals surface area (Å²) in [7, 11) is 0. The maximum absolute atomic E-state index is 11.0. The number of aromatic nitrogens is 2. The minimum Gasteiger partial charge on any atom is -0.480 e. The predicted octanol–water partition coefficient (Wildman–Crippen LogP) is 1.84. The van der Waals surface area contributed by atoms with Gasteiger partial charge < -0.3 is 5.11 Å². The maximum Gasteiger partial charge on any atom is 0.320 e.